The van der Waals surface area contributed by atoms with E-state index in [1.807, 2.05) is 32.9 Å². The number of anilines is 1. The molecular weight excluding hydrogens is 362 g/mol. The van der Waals surface area contributed by atoms with Gasteiger partial charge in [-0.3, -0.25) is 24.3 Å². The summed E-state index contributed by atoms with van der Waals surface area (Å²) in [5.74, 6) is -0.869. The van der Waals surface area contributed by atoms with E-state index >= 15 is 0 Å². The largest absolute Gasteiger partial charge is 0.324 e. The average molecular weight is 381 g/mol. The van der Waals surface area contributed by atoms with E-state index in [2.05, 4.69) is 10.3 Å². The number of rotatable bonds is 4. The van der Waals surface area contributed by atoms with Crippen LogP contribution in [0.1, 0.15) is 22.3 Å². The standard InChI is InChI=1S/C20H19N3O3S/c1-12-8-13(2)18(14(3)9-12)22-17(24)11-23-19(25)16(27-20(23)26)10-15-4-6-21-7-5-15/h4-10H,11H2,1-3H3,(H,22,24)/b16-10+. The summed E-state index contributed by atoms with van der Waals surface area (Å²) in [6.07, 6.45) is 4.84. The number of nitrogens with zero attached hydrogens (tertiary/aromatic N) is 2. The fourth-order valence-electron chi connectivity index (χ4n) is 2.95. The van der Waals surface area contributed by atoms with E-state index in [4.69, 9.17) is 0 Å². The van der Waals surface area contributed by atoms with Crippen molar-refractivity contribution >= 4 is 40.6 Å². The number of carbonyl (C=O) groups is 3. The van der Waals surface area contributed by atoms with Crippen molar-refractivity contribution in [3.05, 3.63) is 63.8 Å². The minimum Gasteiger partial charge on any atom is -0.324 e. The van der Waals surface area contributed by atoms with E-state index in [1.165, 1.54) is 0 Å². The number of carbonyl (C=O) groups excluding carboxylic acids is 3. The molecule has 138 valence electrons. The van der Waals surface area contributed by atoms with Gasteiger partial charge >= 0.3 is 0 Å². The lowest BCUT2D eigenvalue weighted by molar-refractivity contribution is -0.127. The number of aromatic nitrogens is 1. The van der Waals surface area contributed by atoms with Crippen LogP contribution in [0.15, 0.2) is 41.6 Å². The molecule has 0 spiro atoms. The third-order valence-electron chi connectivity index (χ3n) is 4.12. The summed E-state index contributed by atoms with van der Waals surface area (Å²) in [7, 11) is 0. The van der Waals surface area contributed by atoms with Gasteiger partial charge in [0.15, 0.2) is 0 Å². The lowest BCUT2D eigenvalue weighted by Crippen LogP contribution is -2.36. The number of nitrogens with one attached hydrogen (secondary N) is 1. The molecule has 1 N–H and O–H groups in total. The van der Waals surface area contributed by atoms with Crippen LogP contribution < -0.4 is 5.32 Å². The third-order valence-corrected chi connectivity index (χ3v) is 5.03. The Hall–Kier alpha value is -2.93. The molecule has 0 bridgehead atoms. The Morgan fingerprint density at radius 2 is 1.78 bits per heavy atom. The zero-order valence-corrected chi connectivity index (χ0v) is 16.1. The summed E-state index contributed by atoms with van der Waals surface area (Å²) in [4.78, 5) is 42.3. The minimum atomic E-state index is -0.464. The second-order valence-corrected chi connectivity index (χ2v) is 7.36. The van der Waals surface area contributed by atoms with Gasteiger partial charge in [-0.2, -0.15) is 0 Å². The highest BCUT2D eigenvalue weighted by Gasteiger charge is 2.36. The van der Waals surface area contributed by atoms with Crippen LogP contribution in [-0.4, -0.2) is 33.5 Å². The quantitative estimate of drug-likeness (QED) is 0.817. The zero-order chi connectivity index (χ0) is 19.6. The molecule has 6 nitrogen and oxygen atoms in total. The molecule has 3 amide bonds. The Labute approximate surface area is 161 Å². The van der Waals surface area contributed by atoms with Crippen LogP contribution in [0.25, 0.3) is 6.08 Å². The number of aryl methyl sites for hydroxylation is 3. The molecular formula is C20H19N3O3S. The SMILES string of the molecule is Cc1cc(C)c(NC(=O)CN2C(=O)S/C(=C/c3ccncc3)C2=O)c(C)c1. The maximum absolute atomic E-state index is 12.5. The van der Waals surface area contributed by atoms with Gasteiger partial charge in [-0.15, -0.1) is 0 Å². The summed E-state index contributed by atoms with van der Waals surface area (Å²) < 4.78 is 0. The molecule has 3 rings (SSSR count). The Morgan fingerprint density at radius 1 is 1.15 bits per heavy atom. The number of benzene rings is 1. The lowest BCUT2D eigenvalue weighted by Gasteiger charge is -2.15. The zero-order valence-electron chi connectivity index (χ0n) is 15.3. The van der Waals surface area contributed by atoms with Crippen molar-refractivity contribution < 1.29 is 14.4 Å². The van der Waals surface area contributed by atoms with Crippen molar-refractivity contribution in [3.8, 4) is 0 Å². The molecule has 1 aromatic carbocycles. The van der Waals surface area contributed by atoms with E-state index in [1.54, 1.807) is 30.6 Å². The maximum atomic E-state index is 12.5. The van der Waals surface area contributed by atoms with Crippen molar-refractivity contribution in [3.63, 3.8) is 0 Å². The van der Waals surface area contributed by atoms with Gasteiger partial charge in [-0.05, 0) is 67.4 Å². The molecule has 27 heavy (non-hydrogen) atoms. The molecule has 0 unspecified atom stereocenters. The summed E-state index contributed by atoms with van der Waals surface area (Å²) >= 11 is 0.831. The smallest absolute Gasteiger partial charge is 0.294 e. The van der Waals surface area contributed by atoms with Crippen LogP contribution in [0.5, 0.6) is 0 Å². The highest BCUT2D eigenvalue weighted by atomic mass is 32.2. The van der Waals surface area contributed by atoms with E-state index in [0.29, 0.717) is 10.6 Å². The average Bonchev–Trinajstić information content (AvgIpc) is 2.86. The predicted octanol–water partition coefficient (Wildman–Crippen LogP) is 3.68. The topological polar surface area (TPSA) is 79.4 Å². The lowest BCUT2D eigenvalue weighted by atomic mass is 10.1. The Bertz CT molecular complexity index is 931. The van der Waals surface area contributed by atoms with Gasteiger partial charge in [0.1, 0.15) is 6.54 Å². The van der Waals surface area contributed by atoms with Crippen molar-refractivity contribution in [2.75, 3.05) is 11.9 Å². The van der Waals surface area contributed by atoms with Crippen molar-refractivity contribution in [2.24, 2.45) is 0 Å². The van der Waals surface area contributed by atoms with Crippen LogP contribution in [0.2, 0.25) is 0 Å². The summed E-state index contributed by atoms with van der Waals surface area (Å²) in [5, 5.41) is 2.37. The third kappa shape index (κ3) is 4.25. The normalized spacial score (nSPS) is 15.5. The van der Waals surface area contributed by atoms with E-state index in [9.17, 15) is 14.4 Å². The molecule has 1 saturated heterocycles. The molecule has 1 aromatic heterocycles. The number of hydrogen-bond acceptors (Lipinski definition) is 5. The fourth-order valence-corrected chi connectivity index (χ4v) is 3.79. The predicted molar refractivity (Wildman–Crippen MR) is 106 cm³/mol. The molecule has 1 aliphatic rings. The van der Waals surface area contributed by atoms with Crippen LogP contribution in [0.3, 0.4) is 0 Å². The number of imide groups is 1. The molecule has 0 aliphatic carbocycles. The van der Waals surface area contributed by atoms with Gasteiger partial charge in [0.05, 0.1) is 4.91 Å². The van der Waals surface area contributed by atoms with Gasteiger partial charge in [-0.1, -0.05) is 17.7 Å². The molecule has 7 heteroatoms. The van der Waals surface area contributed by atoms with Gasteiger partial charge in [0, 0.05) is 18.1 Å². The Kier molecular flexibility index (Phi) is 5.41. The first-order chi connectivity index (χ1) is 12.8. The number of amides is 3. The van der Waals surface area contributed by atoms with E-state index in [0.717, 1.165) is 38.9 Å². The molecule has 1 fully saturated rings. The second kappa shape index (κ2) is 7.75. The minimum absolute atomic E-state index is 0.293. The van der Waals surface area contributed by atoms with E-state index < -0.39 is 17.1 Å². The summed E-state index contributed by atoms with van der Waals surface area (Å²) in [6.45, 7) is 5.49. The first-order valence-corrected chi connectivity index (χ1v) is 9.20. The summed E-state index contributed by atoms with van der Waals surface area (Å²) in [6, 6.07) is 7.42. The number of pyridine rings is 1. The van der Waals surface area contributed by atoms with Crippen LogP contribution in [0.4, 0.5) is 10.5 Å². The molecule has 0 radical (unpaired) electrons. The van der Waals surface area contributed by atoms with Crippen molar-refractivity contribution in [1.29, 1.82) is 0 Å². The van der Waals surface area contributed by atoms with Crippen LogP contribution in [0, 0.1) is 20.8 Å². The van der Waals surface area contributed by atoms with Crippen LogP contribution >= 0.6 is 11.8 Å². The first kappa shape index (κ1) is 18.8. The molecule has 0 saturated carbocycles. The van der Waals surface area contributed by atoms with Gasteiger partial charge in [0.2, 0.25) is 5.91 Å². The van der Waals surface area contributed by atoms with Gasteiger partial charge in [0.25, 0.3) is 11.1 Å². The Balaban J connectivity index is 1.72. The van der Waals surface area contributed by atoms with Crippen molar-refractivity contribution in [2.45, 2.75) is 20.8 Å². The maximum Gasteiger partial charge on any atom is 0.294 e. The van der Waals surface area contributed by atoms with Crippen molar-refractivity contribution in [1.82, 2.24) is 9.88 Å². The van der Waals surface area contributed by atoms with Crippen LogP contribution in [-0.2, 0) is 9.59 Å². The number of hydrogen-bond donors (Lipinski definition) is 1. The molecule has 1 aliphatic heterocycles. The summed E-state index contributed by atoms with van der Waals surface area (Å²) in [5.41, 5.74) is 4.46. The van der Waals surface area contributed by atoms with Gasteiger partial charge < -0.3 is 5.32 Å². The highest BCUT2D eigenvalue weighted by Crippen LogP contribution is 2.32. The molecule has 2 aromatic rings. The first-order valence-electron chi connectivity index (χ1n) is 8.38. The monoisotopic (exact) mass is 381 g/mol. The van der Waals surface area contributed by atoms with E-state index in [-0.39, 0.29) is 6.54 Å². The molecule has 2 heterocycles. The highest BCUT2D eigenvalue weighted by molar-refractivity contribution is 8.18. The van der Waals surface area contributed by atoms with Gasteiger partial charge in [-0.25, -0.2) is 0 Å². The molecule has 0 atom stereocenters. The fraction of sp³-hybridized carbons (Fsp3) is 0.200. The Morgan fingerprint density at radius 3 is 2.41 bits per heavy atom. The second-order valence-electron chi connectivity index (χ2n) is 6.37. The number of thioether (sulfide) groups is 1.